The van der Waals surface area contributed by atoms with E-state index in [1.165, 1.54) is 23.1 Å². The summed E-state index contributed by atoms with van der Waals surface area (Å²) in [4.78, 5) is 48.4. The van der Waals surface area contributed by atoms with Gasteiger partial charge in [0, 0.05) is 23.9 Å². The SMILES string of the molecule is Cc1sc2nc(CS[C@@H](C)C(=O)Nc3ccccc3N3CCC(C(N)=O)CC3)[nH]c(=O)c2c1C. The number of thiophene rings is 1. The van der Waals surface area contributed by atoms with E-state index < -0.39 is 0 Å². The smallest absolute Gasteiger partial charge is 0.259 e. The van der Waals surface area contributed by atoms with E-state index in [1.54, 1.807) is 0 Å². The summed E-state index contributed by atoms with van der Waals surface area (Å²) in [6, 6.07) is 7.70. The van der Waals surface area contributed by atoms with Crippen LogP contribution in [0, 0.1) is 19.8 Å². The van der Waals surface area contributed by atoms with Crippen LogP contribution in [0.15, 0.2) is 29.1 Å². The summed E-state index contributed by atoms with van der Waals surface area (Å²) in [6.45, 7) is 7.20. The van der Waals surface area contributed by atoms with Crippen LogP contribution < -0.4 is 21.5 Å². The number of piperidine rings is 1. The molecule has 4 rings (SSSR count). The first-order chi connectivity index (χ1) is 16.2. The third-order valence-corrected chi connectivity index (χ3v) is 8.58. The first-order valence-corrected chi connectivity index (χ1v) is 13.2. The molecule has 1 aliphatic heterocycles. The maximum Gasteiger partial charge on any atom is 0.259 e. The summed E-state index contributed by atoms with van der Waals surface area (Å²) in [5.74, 6) is 0.553. The van der Waals surface area contributed by atoms with Crippen LogP contribution in [0.25, 0.3) is 10.2 Å². The number of aromatic nitrogens is 2. The summed E-state index contributed by atoms with van der Waals surface area (Å²) >= 11 is 2.94. The molecule has 0 spiro atoms. The molecule has 8 nitrogen and oxygen atoms in total. The topological polar surface area (TPSA) is 121 Å². The van der Waals surface area contributed by atoms with Crippen LogP contribution in [0.5, 0.6) is 0 Å². The predicted molar refractivity (Wildman–Crippen MR) is 140 cm³/mol. The fraction of sp³-hybridized carbons (Fsp3) is 0.417. The molecule has 34 heavy (non-hydrogen) atoms. The first kappa shape index (κ1) is 24.3. The first-order valence-electron chi connectivity index (χ1n) is 11.3. The molecule has 1 aromatic carbocycles. The Morgan fingerprint density at radius 1 is 1.29 bits per heavy atom. The van der Waals surface area contributed by atoms with Gasteiger partial charge in [-0.15, -0.1) is 23.1 Å². The van der Waals surface area contributed by atoms with Gasteiger partial charge in [0.25, 0.3) is 5.56 Å². The van der Waals surface area contributed by atoms with Crippen LogP contribution in [0.2, 0.25) is 0 Å². The summed E-state index contributed by atoms with van der Waals surface area (Å²) in [7, 11) is 0. The summed E-state index contributed by atoms with van der Waals surface area (Å²) < 4.78 is 0. The van der Waals surface area contributed by atoms with Crippen molar-refractivity contribution in [3.63, 3.8) is 0 Å². The molecule has 4 N–H and O–H groups in total. The highest BCUT2D eigenvalue weighted by Crippen LogP contribution is 2.31. The number of hydrogen-bond acceptors (Lipinski definition) is 7. The minimum absolute atomic E-state index is 0.0873. The van der Waals surface area contributed by atoms with Gasteiger partial charge >= 0.3 is 0 Å². The highest BCUT2D eigenvalue weighted by molar-refractivity contribution is 7.99. The zero-order valence-electron chi connectivity index (χ0n) is 19.5. The molecule has 1 fully saturated rings. The Bertz CT molecular complexity index is 1280. The molecule has 0 saturated carbocycles. The van der Waals surface area contributed by atoms with E-state index in [9.17, 15) is 14.4 Å². The van der Waals surface area contributed by atoms with Crippen molar-refractivity contribution in [2.75, 3.05) is 23.3 Å². The molecule has 1 atom stereocenters. The maximum absolute atomic E-state index is 12.9. The Labute approximate surface area is 206 Å². The lowest BCUT2D eigenvalue weighted by Gasteiger charge is -2.33. The Hall–Kier alpha value is -2.85. The van der Waals surface area contributed by atoms with E-state index in [2.05, 4.69) is 20.2 Å². The van der Waals surface area contributed by atoms with Crippen LogP contribution in [-0.2, 0) is 15.3 Å². The second-order valence-electron chi connectivity index (χ2n) is 8.60. The molecular formula is C24H29N5O3S2. The molecule has 1 saturated heterocycles. The lowest BCUT2D eigenvalue weighted by Crippen LogP contribution is -2.39. The Balaban J connectivity index is 1.39. The Morgan fingerprint density at radius 3 is 2.71 bits per heavy atom. The number of aryl methyl sites for hydroxylation is 2. The van der Waals surface area contributed by atoms with Gasteiger partial charge in [0.05, 0.1) is 27.8 Å². The Kier molecular flexibility index (Phi) is 7.27. The lowest BCUT2D eigenvalue weighted by atomic mass is 9.96. The van der Waals surface area contributed by atoms with Crippen LogP contribution >= 0.6 is 23.1 Å². The number of fused-ring (bicyclic) bond motifs is 1. The van der Waals surface area contributed by atoms with Gasteiger partial charge in [-0.1, -0.05) is 12.1 Å². The number of para-hydroxylation sites is 2. The average molecular weight is 500 g/mol. The number of benzene rings is 1. The Morgan fingerprint density at radius 2 is 2.00 bits per heavy atom. The number of amides is 2. The van der Waals surface area contributed by atoms with E-state index in [-0.39, 0.29) is 28.5 Å². The third kappa shape index (κ3) is 5.12. The van der Waals surface area contributed by atoms with E-state index in [0.29, 0.717) is 42.9 Å². The highest BCUT2D eigenvalue weighted by Gasteiger charge is 2.25. The van der Waals surface area contributed by atoms with Crippen LogP contribution in [0.4, 0.5) is 11.4 Å². The number of primary amides is 1. The summed E-state index contributed by atoms with van der Waals surface area (Å²) in [5, 5.41) is 3.35. The number of carbonyl (C=O) groups excluding carboxylic acids is 2. The molecular weight excluding hydrogens is 470 g/mol. The molecule has 0 unspecified atom stereocenters. The van der Waals surface area contributed by atoms with Crippen molar-refractivity contribution >= 4 is 56.5 Å². The van der Waals surface area contributed by atoms with Crippen molar-refractivity contribution in [2.24, 2.45) is 11.7 Å². The molecule has 3 heterocycles. The van der Waals surface area contributed by atoms with E-state index in [1.807, 2.05) is 45.0 Å². The lowest BCUT2D eigenvalue weighted by molar-refractivity contribution is -0.122. The van der Waals surface area contributed by atoms with Crippen LogP contribution in [0.1, 0.15) is 36.0 Å². The number of rotatable bonds is 7. The number of carbonyl (C=O) groups is 2. The van der Waals surface area contributed by atoms with Crippen LogP contribution in [0.3, 0.4) is 0 Å². The average Bonchev–Trinajstić information content (AvgIpc) is 3.11. The van der Waals surface area contributed by atoms with Gasteiger partial charge in [-0.05, 0) is 51.3 Å². The number of hydrogen-bond donors (Lipinski definition) is 3. The van der Waals surface area contributed by atoms with Gasteiger partial charge in [0.1, 0.15) is 10.7 Å². The molecule has 0 bridgehead atoms. The largest absolute Gasteiger partial charge is 0.370 e. The molecule has 2 aromatic heterocycles. The molecule has 0 radical (unpaired) electrons. The van der Waals surface area contributed by atoms with Gasteiger partial charge in [0.2, 0.25) is 11.8 Å². The van der Waals surface area contributed by atoms with E-state index in [0.717, 1.165) is 26.6 Å². The molecule has 0 aliphatic carbocycles. The van der Waals surface area contributed by atoms with Crippen molar-refractivity contribution in [1.82, 2.24) is 9.97 Å². The van der Waals surface area contributed by atoms with Crippen LogP contribution in [-0.4, -0.2) is 40.1 Å². The third-order valence-electron chi connectivity index (χ3n) is 6.33. The standard InChI is InChI=1S/C24H29N5O3S2/c1-13-14(2)34-24-20(13)23(32)27-19(28-24)12-33-15(3)22(31)26-17-6-4-5-7-18(17)29-10-8-16(9-11-29)21(25)30/h4-7,15-16H,8-12H2,1-3H3,(H2,25,30)(H,26,31)(H,27,28,32)/t15-/m0/s1. The zero-order valence-corrected chi connectivity index (χ0v) is 21.1. The molecule has 1 aliphatic rings. The number of nitrogens with one attached hydrogen (secondary N) is 2. The fourth-order valence-electron chi connectivity index (χ4n) is 4.14. The van der Waals surface area contributed by atoms with Crippen molar-refractivity contribution < 1.29 is 9.59 Å². The number of anilines is 2. The van der Waals surface area contributed by atoms with Gasteiger partial charge in [-0.3, -0.25) is 14.4 Å². The highest BCUT2D eigenvalue weighted by atomic mass is 32.2. The van der Waals surface area contributed by atoms with Crippen molar-refractivity contribution in [2.45, 2.75) is 44.6 Å². The number of H-pyrrole nitrogens is 1. The second-order valence-corrected chi connectivity index (χ2v) is 11.1. The van der Waals surface area contributed by atoms with Crippen molar-refractivity contribution in [3.05, 3.63) is 50.9 Å². The monoisotopic (exact) mass is 499 g/mol. The number of nitrogens with two attached hydrogens (primary N) is 1. The minimum atomic E-state index is -0.346. The second kappa shape index (κ2) is 10.2. The van der Waals surface area contributed by atoms with Gasteiger partial charge in [0.15, 0.2) is 0 Å². The molecule has 2 amide bonds. The molecule has 180 valence electrons. The van der Waals surface area contributed by atoms with Crippen molar-refractivity contribution in [3.8, 4) is 0 Å². The minimum Gasteiger partial charge on any atom is -0.370 e. The van der Waals surface area contributed by atoms with E-state index >= 15 is 0 Å². The maximum atomic E-state index is 12.9. The zero-order chi connectivity index (χ0) is 24.4. The number of thioether (sulfide) groups is 1. The molecule has 10 heteroatoms. The fourth-order valence-corrected chi connectivity index (χ4v) is 5.95. The van der Waals surface area contributed by atoms with Gasteiger partial charge < -0.3 is 20.9 Å². The normalized spacial score (nSPS) is 15.4. The number of nitrogens with zero attached hydrogens (tertiary/aromatic N) is 2. The van der Waals surface area contributed by atoms with E-state index in [4.69, 9.17) is 5.73 Å². The van der Waals surface area contributed by atoms with Crippen molar-refractivity contribution in [1.29, 1.82) is 0 Å². The summed E-state index contributed by atoms with van der Waals surface area (Å²) in [6.07, 6.45) is 1.42. The quantitative estimate of drug-likeness (QED) is 0.457. The van der Waals surface area contributed by atoms with Gasteiger partial charge in [-0.25, -0.2) is 4.98 Å². The van der Waals surface area contributed by atoms with Gasteiger partial charge in [-0.2, -0.15) is 0 Å². The summed E-state index contributed by atoms with van der Waals surface area (Å²) in [5.41, 5.74) is 7.98. The molecule has 3 aromatic rings. The predicted octanol–water partition coefficient (Wildman–Crippen LogP) is 3.56. The number of aromatic amines is 1.